The van der Waals surface area contributed by atoms with Crippen LogP contribution in [0.1, 0.15) is 56.9 Å². The number of anilines is 1. The van der Waals surface area contributed by atoms with Crippen LogP contribution in [0.3, 0.4) is 0 Å². The Morgan fingerprint density at radius 3 is 2.62 bits per heavy atom. The predicted octanol–water partition coefficient (Wildman–Crippen LogP) is 3.72. The van der Waals surface area contributed by atoms with Crippen molar-refractivity contribution in [1.29, 1.82) is 0 Å². The van der Waals surface area contributed by atoms with Gasteiger partial charge in [-0.2, -0.15) is 0 Å². The van der Waals surface area contributed by atoms with Crippen molar-refractivity contribution in [1.82, 2.24) is 9.88 Å². The highest BCUT2D eigenvalue weighted by Crippen LogP contribution is 2.36. The van der Waals surface area contributed by atoms with Gasteiger partial charge in [-0.15, -0.1) is 0 Å². The van der Waals surface area contributed by atoms with Crippen LogP contribution in [-0.2, 0) is 16.0 Å². The molecule has 2 saturated heterocycles. The second kappa shape index (κ2) is 10.5. The molecule has 32 heavy (non-hydrogen) atoms. The zero-order chi connectivity index (χ0) is 21.8. The van der Waals surface area contributed by atoms with E-state index >= 15 is 0 Å². The first-order chi connectivity index (χ1) is 15.8. The Labute approximate surface area is 192 Å². The SMILES string of the molecule is O=C(CC1CCC(CCN2CCN(c3nccc4c3OCC4)CC2)CC1)C1CCCOC1. The molecular weight excluding hydrogens is 402 g/mol. The zero-order valence-corrected chi connectivity index (χ0v) is 19.5. The Morgan fingerprint density at radius 2 is 1.84 bits per heavy atom. The van der Waals surface area contributed by atoms with Gasteiger partial charge < -0.3 is 14.4 Å². The van der Waals surface area contributed by atoms with E-state index < -0.39 is 0 Å². The van der Waals surface area contributed by atoms with Crippen molar-refractivity contribution in [2.45, 2.75) is 57.8 Å². The number of ether oxygens (including phenoxy) is 2. The number of fused-ring (bicyclic) bond motifs is 1. The van der Waals surface area contributed by atoms with Crippen LogP contribution in [0.2, 0.25) is 0 Å². The minimum atomic E-state index is 0.179. The molecule has 0 amide bonds. The second-order valence-corrected chi connectivity index (χ2v) is 10.3. The number of ketones is 1. The van der Waals surface area contributed by atoms with E-state index in [0.717, 1.165) is 82.6 Å². The maximum atomic E-state index is 12.6. The quantitative estimate of drug-likeness (QED) is 0.643. The standard InChI is InChI=1S/C26H39N3O3/c30-24(23-2-1-16-31-19-23)18-21-5-3-20(4-6-21)8-11-28-12-14-29(15-13-28)26-25-22(7-10-27-26)9-17-32-25/h7,10,20-21,23H,1-6,8-9,11-19H2. The first kappa shape index (κ1) is 22.1. The lowest BCUT2D eigenvalue weighted by atomic mass is 9.77. The molecule has 6 nitrogen and oxygen atoms in total. The molecule has 1 unspecified atom stereocenters. The summed E-state index contributed by atoms with van der Waals surface area (Å²) in [5.41, 5.74) is 1.31. The van der Waals surface area contributed by atoms with Crippen LogP contribution in [-0.4, -0.2) is 68.2 Å². The van der Waals surface area contributed by atoms with Gasteiger partial charge in [0.15, 0.2) is 11.6 Å². The number of carbonyl (C=O) groups excluding carboxylic acids is 1. The molecule has 5 rings (SSSR count). The molecule has 0 aromatic carbocycles. The lowest BCUT2D eigenvalue weighted by molar-refractivity contribution is -0.128. The van der Waals surface area contributed by atoms with E-state index in [-0.39, 0.29) is 5.92 Å². The van der Waals surface area contributed by atoms with Crippen LogP contribution >= 0.6 is 0 Å². The van der Waals surface area contributed by atoms with Crippen molar-refractivity contribution in [3.63, 3.8) is 0 Å². The van der Waals surface area contributed by atoms with Gasteiger partial charge in [0.05, 0.1) is 13.2 Å². The van der Waals surface area contributed by atoms with Crippen LogP contribution in [0.15, 0.2) is 12.3 Å². The van der Waals surface area contributed by atoms with E-state index in [4.69, 9.17) is 9.47 Å². The first-order valence-corrected chi connectivity index (χ1v) is 12.9. The van der Waals surface area contributed by atoms with Crippen molar-refractivity contribution in [3.8, 4) is 5.75 Å². The molecule has 3 fully saturated rings. The molecule has 4 heterocycles. The van der Waals surface area contributed by atoms with Gasteiger partial charge in [-0.25, -0.2) is 4.98 Å². The van der Waals surface area contributed by atoms with Gasteiger partial charge in [-0.1, -0.05) is 12.8 Å². The molecule has 1 aromatic rings. The number of hydrogen-bond donors (Lipinski definition) is 0. The summed E-state index contributed by atoms with van der Waals surface area (Å²) in [5, 5.41) is 0. The van der Waals surface area contributed by atoms with Crippen molar-refractivity contribution >= 4 is 11.6 Å². The third-order valence-corrected chi connectivity index (χ3v) is 8.18. The molecule has 1 saturated carbocycles. The van der Waals surface area contributed by atoms with Crippen LogP contribution in [0.4, 0.5) is 5.82 Å². The molecule has 176 valence electrons. The zero-order valence-electron chi connectivity index (χ0n) is 19.5. The summed E-state index contributed by atoms with van der Waals surface area (Å²) < 4.78 is 11.4. The number of piperazine rings is 1. The summed E-state index contributed by atoms with van der Waals surface area (Å²) in [6, 6.07) is 2.09. The summed E-state index contributed by atoms with van der Waals surface area (Å²) in [4.78, 5) is 22.2. The molecule has 3 aliphatic heterocycles. The Kier molecular flexibility index (Phi) is 7.28. The molecule has 1 aromatic heterocycles. The molecule has 0 spiro atoms. The average molecular weight is 442 g/mol. The van der Waals surface area contributed by atoms with Crippen molar-refractivity contribution in [3.05, 3.63) is 17.8 Å². The largest absolute Gasteiger partial charge is 0.489 e. The fraction of sp³-hybridized carbons (Fsp3) is 0.769. The fourth-order valence-electron chi connectivity index (χ4n) is 6.04. The van der Waals surface area contributed by atoms with Crippen LogP contribution < -0.4 is 9.64 Å². The Hall–Kier alpha value is -1.66. The third kappa shape index (κ3) is 5.28. The predicted molar refractivity (Wildman–Crippen MR) is 125 cm³/mol. The molecule has 1 aliphatic carbocycles. The minimum Gasteiger partial charge on any atom is -0.489 e. The smallest absolute Gasteiger partial charge is 0.171 e. The van der Waals surface area contributed by atoms with Gasteiger partial charge in [0, 0.05) is 63.3 Å². The monoisotopic (exact) mass is 441 g/mol. The molecule has 6 heteroatoms. The normalized spacial score (nSPS) is 28.9. The molecule has 0 radical (unpaired) electrons. The van der Waals surface area contributed by atoms with Gasteiger partial charge in [0.25, 0.3) is 0 Å². The Bertz CT molecular complexity index is 764. The average Bonchev–Trinajstić information content (AvgIpc) is 3.34. The number of rotatable bonds is 7. The van der Waals surface area contributed by atoms with E-state index in [2.05, 4.69) is 20.9 Å². The number of hydrogen-bond acceptors (Lipinski definition) is 6. The summed E-state index contributed by atoms with van der Waals surface area (Å²) >= 11 is 0. The second-order valence-electron chi connectivity index (χ2n) is 10.3. The van der Waals surface area contributed by atoms with Crippen LogP contribution in [0, 0.1) is 17.8 Å². The number of Topliss-reactive ketones (excluding diaryl/α,β-unsaturated/α-hetero) is 1. The first-order valence-electron chi connectivity index (χ1n) is 12.9. The summed E-state index contributed by atoms with van der Waals surface area (Å²) in [6.07, 6.45) is 12.2. The van der Waals surface area contributed by atoms with Crippen molar-refractivity contribution in [2.24, 2.45) is 17.8 Å². The lowest BCUT2D eigenvalue weighted by Crippen LogP contribution is -2.47. The highest BCUT2D eigenvalue weighted by Gasteiger charge is 2.29. The molecule has 4 aliphatic rings. The maximum absolute atomic E-state index is 12.6. The van der Waals surface area contributed by atoms with E-state index in [0.29, 0.717) is 18.3 Å². The van der Waals surface area contributed by atoms with E-state index in [1.807, 2.05) is 6.20 Å². The number of carbonyl (C=O) groups is 1. The number of aromatic nitrogens is 1. The van der Waals surface area contributed by atoms with Crippen LogP contribution in [0.5, 0.6) is 5.75 Å². The molecule has 0 bridgehead atoms. The van der Waals surface area contributed by atoms with Gasteiger partial charge >= 0.3 is 0 Å². The highest BCUT2D eigenvalue weighted by atomic mass is 16.5. The lowest BCUT2D eigenvalue weighted by Gasteiger charge is -2.37. The highest BCUT2D eigenvalue weighted by molar-refractivity contribution is 5.81. The van der Waals surface area contributed by atoms with Crippen molar-refractivity contribution < 1.29 is 14.3 Å². The summed E-state index contributed by atoms with van der Waals surface area (Å²) in [7, 11) is 0. The maximum Gasteiger partial charge on any atom is 0.171 e. The van der Waals surface area contributed by atoms with E-state index in [1.54, 1.807) is 0 Å². The Balaban J connectivity index is 1.00. The minimum absolute atomic E-state index is 0.179. The molecule has 0 N–H and O–H groups in total. The van der Waals surface area contributed by atoms with E-state index in [1.165, 1.54) is 44.2 Å². The van der Waals surface area contributed by atoms with Crippen LogP contribution in [0.25, 0.3) is 0 Å². The van der Waals surface area contributed by atoms with Gasteiger partial charge in [-0.3, -0.25) is 9.69 Å². The molecular formula is C26H39N3O3. The van der Waals surface area contributed by atoms with Crippen molar-refractivity contribution in [2.75, 3.05) is 57.4 Å². The number of nitrogens with zero attached hydrogens (tertiary/aromatic N) is 3. The third-order valence-electron chi connectivity index (χ3n) is 8.18. The number of pyridine rings is 1. The van der Waals surface area contributed by atoms with Gasteiger partial charge in [0.2, 0.25) is 0 Å². The van der Waals surface area contributed by atoms with Gasteiger partial charge in [0.1, 0.15) is 5.78 Å². The molecule has 1 atom stereocenters. The topological polar surface area (TPSA) is 54.9 Å². The van der Waals surface area contributed by atoms with E-state index in [9.17, 15) is 4.79 Å². The summed E-state index contributed by atoms with van der Waals surface area (Å²) in [5.74, 6) is 4.17. The summed E-state index contributed by atoms with van der Waals surface area (Å²) in [6.45, 7) is 7.79. The fourth-order valence-corrected chi connectivity index (χ4v) is 6.04. The van der Waals surface area contributed by atoms with Gasteiger partial charge in [-0.05, 0) is 56.6 Å². The Morgan fingerprint density at radius 1 is 1.03 bits per heavy atom.